The molecule has 4 saturated carbocycles. The average Bonchev–Trinajstić information content (AvgIpc) is 2.76. The minimum atomic E-state index is -0.0541. The summed E-state index contributed by atoms with van der Waals surface area (Å²) in [5, 5.41) is 10.0. The second-order valence-electron chi connectivity index (χ2n) is 9.00. The van der Waals surface area contributed by atoms with E-state index in [9.17, 15) is 9.90 Å². The first-order valence-corrected chi connectivity index (χ1v) is 9.16. The number of carbonyl (C=O) groups excluding carboxylic acids is 1. The number of hydrogen-bond donors (Lipinski definition) is 1. The van der Waals surface area contributed by atoms with Gasteiger partial charge in [-0.2, -0.15) is 0 Å². The molecule has 0 aromatic carbocycles. The summed E-state index contributed by atoms with van der Waals surface area (Å²) in [6.07, 6.45) is 10.1. The van der Waals surface area contributed by atoms with Crippen molar-refractivity contribution in [1.82, 2.24) is 0 Å². The molecule has 21 heavy (non-hydrogen) atoms. The highest BCUT2D eigenvalue weighted by Gasteiger charge is 2.60. The first-order chi connectivity index (χ1) is 9.95. The van der Waals surface area contributed by atoms with Crippen LogP contribution in [0.15, 0.2) is 0 Å². The molecule has 0 amide bonds. The van der Waals surface area contributed by atoms with Crippen molar-refractivity contribution in [3.63, 3.8) is 0 Å². The third-order valence-corrected chi connectivity index (χ3v) is 8.35. The third kappa shape index (κ3) is 1.84. The molecule has 0 aromatic rings. The Morgan fingerprint density at radius 1 is 1.00 bits per heavy atom. The van der Waals surface area contributed by atoms with Crippen molar-refractivity contribution in [3.05, 3.63) is 0 Å². The monoisotopic (exact) mass is 290 g/mol. The van der Waals surface area contributed by atoms with Crippen molar-refractivity contribution in [3.8, 4) is 0 Å². The molecular formula is C19H30O2. The van der Waals surface area contributed by atoms with E-state index in [2.05, 4.69) is 13.8 Å². The highest BCUT2D eigenvalue weighted by molar-refractivity contribution is 5.87. The maximum absolute atomic E-state index is 12.4. The van der Waals surface area contributed by atoms with Gasteiger partial charge >= 0.3 is 0 Å². The Morgan fingerprint density at radius 2 is 1.81 bits per heavy atom. The highest BCUT2D eigenvalue weighted by atomic mass is 16.3. The van der Waals surface area contributed by atoms with Gasteiger partial charge in [-0.05, 0) is 80.5 Å². The van der Waals surface area contributed by atoms with Gasteiger partial charge in [-0.15, -0.1) is 0 Å². The Hall–Kier alpha value is -0.370. The molecule has 4 aliphatic carbocycles. The maximum atomic E-state index is 12.4. The number of aliphatic hydroxyl groups excluding tert-OH is 1. The van der Waals surface area contributed by atoms with Crippen LogP contribution >= 0.6 is 0 Å². The van der Waals surface area contributed by atoms with Gasteiger partial charge in [0.25, 0.3) is 0 Å². The van der Waals surface area contributed by atoms with Gasteiger partial charge in [0.15, 0.2) is 0 Å². The predicted molar refractivity (Wildman–Crippen MR) is 82.7 cm³/mol. The maximum Gasteiger partial charge on any atom is 0.139 e. The van der Waals surface area contributed by atoms with Crippen molar-refractivity contribution in [2.45, 2.75) is 77.7 Å². The van der Waals surface area contributed by atoms with Crippen LogP contribution in [0, 0.1) is 34.5 Å². The Bertz CT molecular complexity index is 458. The topological polar surface area (TPSA) is 37.3 Å². The van der Waals surface area contributed by atoms with E-state index in [0.29, 0.717) is 17.1 Å². The van der Waals surface area contributed by atoms with E-state index in [-0.39, 0.29) is 11.5 Å². The lowest BCUT2D eigenvalue weighted by molar-refractivity contribution is -0.142. The molecule has 0 aliphatic heterocycles. The number of aliphatic hydroxyl groups is 1. The summed E-state index contributed by atoms with van der Waals surface area (Å²) >= 11 is 0. The van der Waals surface area contributed by atoms with Crippen LogP contribution in [0.3, 0.4) is 0 Å². The Balaban J connectivity index is 1.64. The number of hydrogen-bond acceptors (Lipinski definition) is 2. The molecule has 0 bridgehead atoms. The van der Waals surface area contributed by atoms with Crippen LogP contribution in [-0.2, 0) is 4.79 Å². The highest BCUT2D eigenvalue weighted by Crippen LogP contribution is 2.65. The lowest BCUT2D eigenvalue weighted by atomic mass is 9.45. The van der Waals surface area contributed by atoms with Crippen LogP contribution < -0.4 is 0 Å². The van der Waals surface area contributed by atoms with Crippen LogP contribution in [0.2, 0.25) is 0 Å². The number of Topliss-reactive ketones (excluding diaryl/α,β-unsaturated/α-hetero) is 1. The van der Waals surface area contributed by atoms with E-state index in [1.165, 1.54) is 25.7 Å². The van der Waals surface area contributed by atoms with Crippen molar-refractivity contribution >= 4 is 5.78 Å². The fraction of sp³-hybridized carbons (Fsp3) is 0.947. The first-order valence-electron chi connectivity index (χ1n) is 9.16. The molecule has 2 heteroatoms. The molecule has 4 fully saturated rings. The predicted octanol–water partition coefficient (Wildman–Crippen LogP) is 3.96. The smallest absolute Gasteiger partial charge is 0.139 e. The Kier molecular flexibility index (Phi) is 3.10. The SMILES string of the molecule is C[C@]12CC[C@H](O)C[C@H]1CC[C@H]1[C@H]2CC[C@]2(C)C(=O)CC[C@H]12. The quantitative estimate of drug-likeness (QED) is 0.733. The number of rotatable bonds is 0. The minimum Gasteiger partial charge on any atom is -0.393 e. The van der Waals surface area contributed by atoms with Crippen LogP contribution in [0.1, 0.15) is 71.6 Å². The molecule has 0 aromatic heterocycles. The van der Waals surface area contributed by atoms with E-state index in [0.717, 1.165) is 49.9 Å². The fourth-order valence-electron chi connectivity index (χ4n) is 7.01. The second-order valence-corrected chi connectivity index (χ2v) is 9.00. The molecule has 1 N–H and O–H groups in total. The molecule has 0 spiro atoms. The number of ketones is 1. The van der Waals surface area contributed by atoms with E-state index in [1.807, 2.05) is 0 Å². The van der Waals surface area contributed by atoms with Crippen molar-refractivity contribution in [1.29, 1.82) is 0 Å². The molecular weight excluding hydrogens is 260 g/mol. The van der Waals surface area contributed by atoms with Crippen molar-refractivity contribution < 1.29 is 9.90 Å². The summed E-state index contributed by atoms with van der Waals surface area (Å²) in [5.74, 6) is 3.54. The summed E-state index contributed by atoms with van der Waals surface area (Å²) in [7, 11) is 0. The zero-order valence-corrected chi connectivity index (χ0v) is 13.6. The molecule has 0 unspecified atom stereocenters. The second kappa shape index (κ2) is 4.57. The molecule has 0 heterocycles. The van der Waals surface area contributed by atoms with Gasteiger partial charge in [0, 0.05) is 11.8 Å². The Labute approximate surface area is 128 Å². The molecule has 0 radical (unpaired) electrons. The van der Waals surface area contributed by atoms with Crippen LogP contribution in [-0.4, -0.2) is 17.0 Å². The van der Waals surface area contributed by atoms with Crippen LogP contribution in [0.5, 0.6) is 0 Å². The van der Waals surface area contributed by atoms with E-state index < -0.39 is 0 Å². The van der Waals surface area contributed by atoms with Gasteiger partial charge < -0.3 is 5.11 Å². The van der Waals surface area contributed by atoms with Gasteiger partial charge in [0.1, 0.15) is 5.78 Å². The van der Waals surface area contributed by atoms with Gasteiger partial charge in [-0.25, -0.2) is 0 Å². The largest absolute Gasteiger partial charge is 0.393 e. The number of carbonyl (C=O) groups is 1. The molecule has 4 aliphatic rings. The van der Waals surface area contributed by atoms with Gasteiger partial charge in [-0.3, -0.25) is 4.79 Å². The first kappa shape index (κ1) is 14.2. The van der Waals surface area contributed by atoms with Gasteiger partial charge in [0.05, 0.1) is 6.10 Å². The molecule has 0 saturated heterocycles. The third-order valence-electron chi connectivity index (χ3n) is 8.35. The molecule has 2 nitrogen and oxygen atoms in total. The van der Waals surface area contributed by atoms with Gasteiger partial charge in [0.2, 0.25) is 0 Å². The Morgan fingerprint density at radius 3 is 2.62 bits per heavy atom. The van der Waals surface area contributed by atoms with E-state index in [4.69, 9.17) is 0 Å². The minimum absolute atomic E-state index is 0.0124. The van der Waals surface area contributed by atoms with Gasteiger partial charge in [-0.1, -0.05) is 13.8 Å². The zero-order valence-electron chi connectivity index (χ0n) is 13.6. The summed E-state index contributed by atoms with van der Waals surface area (Å²) in [6, 6.07) is 0. The van der Waals surface area contributed by atoms with Crippen molar-refractivity contribution in [2.24, 2.45) is 34.5 Å². The molecule has 4 rings (SSSR count). The molecule has 7 atom stereocenters. The summed E-state index contributed by atoms with van der Waals surface area (Å²) < 4.78 is 0. The summed E-state index contributed by atoms with van der Waals surface area (Å²) in [6.45, 7) is 4.78. The fourth-order valence-corrected chi connectivity index (χ4v) is 7.01. The van der Waals surface area contributed by atoms with Crippen molar-refractivity contribution in [2.75, 3.05) is 0 Å². The average molecular weight is 290 g/mol. The lowest BCUT2D eigenvalue weighted by Crippen LogP contribution is -2.54. The lowest BCUT2D eigenvalue weighted by Gasteiger charge is -2.60. The van der Waals surface area contributed by atoms with E-state index >= 15 is 0 Å². The van der Waals surface area contributed by atoms with E-state index in [1.54, 1.807) is 0 Å². The standard InChI is InChI=1S/C19H30O2/c1-18-9-7-13(20)11-12(18)3-4-14-15-5-6-17(21)19(15,2)10-8-16(14)18/h12-16,20H,3-11H2,1-2H3/t12-,13+,14-,15-,16-,18+,19+/m1/s1. The summed E-state index contributed by atoms with van der Waals surface area (Å²) in [4.78, 5) is 12.4. The summed E-state index contributed by atoms with van der Waals surface area (Å²) in [5.41, 5.74) is 0.452. The zero-order chi connectivity index (χ0) is 14.8. The number of fused-ring (bicyclic) bond motifs is 5. The molecule has 118 valence electrons. The normalized spacial score (nSPS) is 56.5. The van der Waals surface area contributed by atoms with Crippen LogP contribution in [0.4, 0.5) is 0 Å². The van der Waals surface area contributed by atoms with Crippen LogP contribution in [0.25, 0.3) is 0 Å².